The van der Waals surface area contributed by atoms with Crippen LogP contribution < -0.4 is 11.4 Å². The van der Waals surface area contributed by atoms with E-state index in [9.17, 15) is 17.6 Å². The van der Waals surface area contributed by atoms with E-state index < -0.39 is 27.3 Å². The molecule has 2 aromatic carbocycles. The van der Waals surface area contributed by atoms with Crippen LogP contribution in [0.1, 0.15) is 11.1 Å². The van der Waals surface area contributed by atoms with Crippen molar-refractivity contribution in [2.75, 3.05) is 5.73 Å². The number of aromatic amines is 1. The first-order chi connectivity index (χ1) is 10.8. The van der Waals surface area contributed by atoms with Crippen molar-refractivity contribution in [2.45, 2.75) is 12.7 Å². The molecule has 23 heavy (non-hydrogen) atoms. The Morgan fingerprint density at radius 3 is 2.52 bits per heavy atom. The van der Waals surface area contributed by atoms with Crippen LogP contribution in [0, 0.1) is 12.7 Å². The number of imidazole rings is 1. The predicted molar refractivity (Wildman–Crippen MR) is 86.1 cm³/mol. The Balaban J connectivity index is 2.14. The van der Waals surface area contributed by atoms with E-state index in [1.165, 1.54) is 30.3 Å². The summed E-state index contributed by atoms with van der Waals surface area (Å²) in [5.41, 5.74) is 7.12. The van der Waals surface area contributed by atoms with Gasteiger partial charge in [-0.3, -0.25) is 0 Å². The fourth-order valence-electron chi connectivity index (χ4n) is 2.38. The number of hydrogen-bond donors (Lipinski definition) is 2. The third kappa shape index (κ3) is 2.72. The van der Waals surface area contributed by atoms with Gasteiger partial charge in [0.05, 0.1) is 16.8 Å². The van der Waals surface area contributed by atoms with E-state index in [2.05, 4.69) is 4.98 Å². The van der Waals surface area contributed by atoms with Crippen molar-refractivity contribution in [3.8, 4) is 0 Å². The van der Waals surface area contributed by atoms with Gasteiger partial charge >= 0.3 is 5.69 Å². The number of halogens is 1. The molecular formula is C15H14FN3O3S. The molecule has 0 amide bonds. The molecule has 0 aliphatic heterocycles. The van der Waals surface area contributed by atoms with Gasteiger partial charge < -0.3 is 10.7 Å². The summed E-state index contributed by atoms with van der Waals surface area (Å²) in [5, 5.41) is 0. The average molecular weight is 335 g/mol. The number of nitrogens with zero attached hydrogens (tertiary/aromatic N) is 1. The molecule has 6 nitrogen and oxygen atoms in total. The Morgan fingerprint density at radius 1 is 1.22 bits per heavy atom. The summed E-state index contributed by atoms with van der Waals surface area (Å²) in [6, 6.07) is 8.16. The maximum absolute atomic E-state index is 12.9. The zero-order chi connectivity index (χ0) is 16.8. The van der Waals surface area contributed by atoms with E-state index in [1.807, 2.05) is 0 Å². The zero-order valence-electron chi connectivity index (χ0n) is 12.2. The lowest BCUT2D eigenvalue weighted by Gasteiger charge is -2.07. The summed E-state index contributed by atoms with van der Waals surface area (Å²) >= 11 is 0. The molecular weight excluding hydrogens is 321 g/mol. The fraction of sp³-hybridized carbons (Fsp3) is 0.133. The quantitative estimate of drug-likeness (QED) is 0.712. The second kappa shape index (κ2) is 5.24. The van der Waals surface area contributed by atoms with Crippen molar-refractivity contribution in [2.24, 2.45) is 0 Å². The number of rotatable bonds is 3. The number of aryl methyl sites for hydroxylation is 1. The molecule has 3 aromatic rings. The normalized spacial score (nSPS) is 11.9. The monoisotopic (exact) mass is 335 g/mol. The zero-order valence-corrected chi connectivity index (χ0v) is 13.0. The molecule has 120 valence electrons. The van der Waals surface area contributed by atoms with E-state index in [1.54, 1.807) is 13.0 Å². The van der Waals surface area contributed by atoms with Crippen LogP contribution in [0.15, 0.2) is 41.2 Å². The fourth-order valence-corrected chi connectivity index (χ4v) is 3.88. The molecule has 0 radical (unpaired) electrons. The first kappa shape index (κ1) is 15.3. The van der Waals surface area contributed by atoms with Crippen LogP contribution in [0.25, 0.3) is 11.0 Å². The van der Waals surface area contributed by atoms with Gasteiger partial charge in [-0.15, -0.1) is 0 Å². The van der Waals surface area contributed by atoms with Gasteiger partial charge in [-0.1, -0.05) is 12.1 Å². The number of nitrogens with one attached hydrogen (secondary N) is 1. The second-order valence-corrected chi connectivity index (χ2v) is 7.12. The molecule has 1 aromatic heterocycles. The lowest BCUT2D eigenvalue weighted by molar-refractivity contribution is 0.586. The molecule has 0 spiro atoms. The number of fused-ring (bicyclic) bond motifs is 1. The summed E-state index contributed by atoms with van der Waals surface area (Å²) in [7, 11) is -3.96. The first-order valence-electron chi connectivity index (χ1n) is 6.76. The van der Waals surface area contributed by atoms with Gasteiger partial charge in [-0.25, -0.2) is 17.6 Å². The lowest BCUT2D eigenvalue weighted by atomic mass is 10.2. The third-order valence-corrected chi connectivity index (χ3v) is 5.19. The van der Waals surface area contributed by atoms with E-state index in [0.29, 0.717) is 22.3 Å². The minimum atomic E-state index is -3.96. The van der Waals surface area contributed by atoms with Crippen LogP contribution >= 0.6 is 0 Å². The summed E-state index contributed by atoms with van der Waals surface area (Å²) in [5.74, 6) is -0.870. The second-order valence-electron chi connectivity index (χ2n) is 5.30. The Hall–Kier alpha value is -2.61. The predicted octanol–water partition coefficient (Wildman–Crippen LogP) is 1.74. The molecule has 0 aliphatic rings. The van der Waals surface area contributed by atoms with Crippen LogP contribution in [0.5, 0.6) is 0 Å². The van der Waals surface area contributed by atoms with Crippen molar-refractivity contribution < 1.29 is 12.8 Å². The smallest absolute Gasteiger partial charge is 0.340 e. The number of nitrogen functional groups attached to an aromatic ring is 1. The molecule has 3 rings (SSSR count). The number of aromatic nitrogens is 2. The Kier molecular flexibility index (Phi) is 3.48. The van der Waals surface area contributed by atoms with Gasteiger partial charge in [0.15, 0.2) is 0 Å². The highest BCUT2D eigenvalue weighted by Gasteiger charge is 2.21. The highest BCUT2D eigenvalue weighted by molar-refractivity contribution is 7.89. The Bertz CT molecular complexity index is 1050. The van der Waals surface area contributed by atoms with Gasteiger partial charge in [-0.2, -0.15) is 3.97 Å². The van der Waals surface area contributed by atoms with Crippen LogP contribution in [0.3, 0.4) is 0 Å². The summed E-state index contributed by atoms with van der Waals surface area (Å²) in [4.78, 5) is 14.6. The molecule has 0 unspecified atom stereocenters. The lowest BCUT2D eigenvalue weighted by Crippen LogP contribution is -2.26. The average Bonchev–Trinajstić information content (AvgIpc) is 2.77. The topological polar surface area (TPSA) is 97.9 Å². The molecule has 0 fully saturated rings. The molecule has 0 aliphatic carbocycles. The first-order valence-corrected chi connectivity index (χ1v) is 8.37. The number of benzene rings is 2. The summed E-state index contributed by atoms with van der Waals surface area (Å²) in [6.45, 7) is 1.73. The molecule has 0 saturated heterocycles. The molecule has 0 atom stereocenters. The van der Waals surface area contributed by atoms with Crippen LogP contribution in [-0.4, -0.2) is 17.4 Å². The summed E-state index contributed by atoms with van der Waals surface area (Å²) in [6.07, 6.45) is 0. The van der Waals surface area contributed by atoms with Crippen molar-refractivity contribution in [1.82, 2.24) is 8.96 Å². The van der Waals surface area contributed by atoms with Gasteiger partial charge in [-0.05, 0) is 42.3 Å². The van der Waals surface area contributed by atoms with Crippen molar-refractivity contribution >= 4 is 26.7 Å². The molecule has 8 heteroatoms. The minimum absolute atomic E-state index is 0.240. The molecule has 3 N–H and O–H groups in total. The van der Waals surface area contributed by atoms with E-state index >= 15 is 0 Å². The van der Waals surface area contributed by atoms with E-state index in [-0.39, 0.29) is 5.52 Å². The van der Waals surface area contributed by atoms with E-state index in [4.69, 9.17) is 5.73 Å². The number of H-pyrrole nitrogens is 1. The summed E-state index contributed by atoms with van der Waals surface area (Å²) < 4.78 is 38.8. The van der Waals surface area contributed by atoms with Gasteiger partial charge in [0.1, 0.15) is 5.82 Å². The number of hydrogen-bond acceptors (Lipinski definition) is 4. The molecule has 0 saturated carbocycles. The van der Waals surface area contributed by atoms with Crippen LogP contribution in [-0.2, 0) is 15.8 Å². The number of anilines is 1. The van der Waals surface area contributed by atoms with Crippen LogP contribution in [0.4, 0.5) is 10.1 Å². The maximum Gasteiger partial charge on any atom is 0.340 e. The van der Waals surface area contributed by atoms with Crippen molar-refractivity contribution in [3.05, 3.63) is 63.8 Å². The molecule has 1 heterocycles. The van der Waals surface area contributed by atoms with Crippen LogP contribution in [0.2, 0.25) is 0 Å². The van der Waals surface area contributed by atoms with Crippen molar-refractivity contribution in [3.63, 3.8) is 0 Å². The van der Waals surface area contributed by atoms with E-state index in [0.717, 1.165) is 3.97 Å². The standard InChI is InChI=1S/C15H14FN3O3S/c1-9-6-14-13(7-12(9)17)18-15(20)19(14)23(21,22)8-10-2-4-11(16)5-3-10/h2-7H,8,17H2,1H3,(H,18,20). The SMILES string of the molecule is Cc1cc2c(cc1N)[nH]c(=O)n2S(=O)(=O)Cc1ccc(F)cc1. The highest BCUT2D eigenvalue weighted by atomic mass is 32.2. The molecule has 0 bridgehead atoms. The van der Waals surface area contributed by atoms with Gasteiger partial charge in [0.25, 0.3) is 0 Å². The largest absolute Gasteiger partial charge is 0.398 e. The Morgan fingerprint density at radius 2 is 1.87 bits per heavy atom. The third-order valence-electron chi connectivity index (χ3n) is 3.57. The van der Waals surface area contributed by atoms with Crippen molar-refractivity contribution in [1.29, 1.82) is 0 Å². The number of nitrogens with two attached hydrogens (primary N) is 1. The minimum Gasteiger partial charge on any atom is -0.398 e. The van der Waals surface area contributed by atoms with Gasteiger partial charge in [0, 0.05) is 5.69 Å². The van der Waals surface area contributed by atoms with Gasteiger partial charge in [0.2, 0.25) is 10.0 Å². The maximum atomic E-state index is 12.9. The Labute approximate surface area is 131 Å². The highest BCUT2D eigenvalue weighted by Crippen LogP contribution is 2.21.